The summed E-state index contributed by atoms with van der Waals surface area (Å²) < 4.78 is 28.2. The lowest BCUT2D eigenvalue weighted by Gasteiger charge is -2.23. The Kier molecular flexibility index (Phi) is 3.31. The van der Waals surface area contributed by atoms with E-state index in [-0.39, 0.29) is 24.7 Å². The molecule has 2 N–H and O–H groups in total. The normalized spacial score (nSPS) is 19.5. The minimum absolute atomic E-state index is 0.00575. The number of benzene rings is 1. The summed E-state index contributed by atoms with van der Waals surface area (Å²) >= 11 is 3.20. The monoisotopic (exact) mass is 289 g/mol. The Labute approximate surface area is 102 Å². The van der Waals surface area contributed by atoms with Crippen molar-refractivity contribution in [3.8, 4) is 0 Å². The highest BCUT2D eigenvalue weighted by molar-refractivity contribution is 9.10. The van der Waals surface area contributed by atoms with Gasteiger partial charge in [-0.25, -0.2) is 8.78 Å². The number of nitrogens with two attached hydrogens (primary N) is 1. The van der Waals surface area contributed by atoms with Crippen LogP contribution in [-0.2, 0) is 6.42 Å². The van der Waals surface area contributed by atoms with Crippen LogP contribution < -0.4 is 5.73 Å². The number of halogens is 3. The van der Waals surface area contributed by atoms with E-state index in [0.29, 0.717) is 10.0 Å². The molecule has 1 saturated carbocycles. The van der Waals surface area contributed by atoms with Gasteiger partial charge in [-0.05, 0) is 42.5 Å². The van der Waals surface area contributed by atoms with Gasteiger partial charge in [-0.3, -0.25) is 0 Å². The molecule has 0 saturated heterocycles. The van der Waals surface area contributed by atoms with Crippen LogP contribution in [0.25, 0.3) is 0 Å². The fourth-order valence-corrected chi connectivity index (χ4v) is 2.55. The lowest BCUT2D eigenvalue weighted by Crippen LogP contribution is -2.37. The predicted molar refractivity (Wildman–Crippen MR) is 63.4 cm³/mol. The fourth-order valence-electron chi connectivity index (χ4n) is 2.04. The maximum absolute atomic E-state index is 14.4. The van der Waals surface area contributed by atoms with Crippen LogP contribution >= 0.6 is 15.9 Å². The van der Waals surface area contributed by atoms with Gasteiger partial charge in [0, 0.05) is 17.4 Å². The zero-order valence-electron chi connectivity index (χ0n) is 8.85. The van der Waals surface area contributed by atoms with Gasteiger partial charge in [0.15, 0.2) is 0 Å². The molecule has 1 aliphatic rings. The molecule has 4 heteroatoms. The minimum atomic E-state index is -1.37. The molecule has 0 aliphatic heterocycles. The summed E-state index contributed by atoms with van der Waals surface area (Å²) in [5, 5.41) is 0. The zero-order chi connectivity index (χ0) is 11.8. The van der Waals surface area contributed by atoms with Gasteiger partial charge >= 0.3 is 0 Å². The van der Waals surface area contributed by atoms with Crippen molar-refractivity contribution in [3.63, 3.8) is 0 Å². The van der Waals surface area contributed by atoms with Gasteiger partial charge in [-0.2, -0.15) is 0 Å². The van der Waals surface area contributed by atoms with Crippen molar-refractivity contribution in [1.29, 1.82) is 0 Å². The van der Waals surface area contributed by atoms with Crippen LogP contribution in [0.15, 0.2) is 22.7 Å². The van der Waals surface area contributed by atoms with E-state index in [2.05, 4.69) is 15.9 Å². The number of alkyl halides is 1. The second-order valence-corrected chi connectivity index (χ2v) is 5.38. The van der Waals surface area contributed by atoms with E-state index in [9.17, 15) is 8.78 Å². The Hall–Kier alpha value is -0.480. The smallest absolute Gasteiger partial charge is 0.130 e. The molecular weight excluding hydrogens is 276 g/mol. The van der Waals surface area contributed by atoms with Crippen LogP contribution in [0.1, 0.15) is 18.4 Å². The third-order valence-corrected chi connectivity index (χ3v) is 3.53. The molecule has 1 aromatic rings. The van der Waals surface area contributed by atoms with Crippen molar-refractivity contribution in [3.05, 3.63) is 34.1 Å². The molecule has 2 rings (SSSR count). The molecule has 0 amide bonds. The topological polar surface area (TPSA) is 26.0 Å². The van der Waals surface area contributed by atoms with Crippen LogP contribution in [0.2, 0.25) is 0 Å². The van der Waals surface area contributed by atoms with Crippen molar-refractivity contribution in [2.45, 2.75) is 24.9 Å². The van der Waals surface area contributed by atoms with E-state index in [4.69, 9.17) is 5.73 Å². The second kappa shape index (κ2) is 4.41. The third kappa shape index (κ3) is 2.61. The largest absolute Gasteiger partial charge is 0.328 e. The molecule has 0 aromatic heterocycles. The Morgan fingerprint density at radius 2 is 2.06 bits per heavy atom. The van der Waals surface area contributed by atoms with Gasteiger partial charge in [-0.15, -0.1) is 0 Å². The molecule has 0 spiro atoms. The molecule has 0 bridgehead atoms. The van der Waals surface area contributed by atoms with E-state index in [1.165, 1.54) is 12.1 Å². The van der Waals surface area contributed by atoms with Crippen LogP contribution in [0, 0.1) is 11.7 Å². The maximum atomic E-state index is 14.4. The molecule has 1 fully saturated rings. The standard InChI is InChI=1S/C12H14BrF2N/c13-10-3-8(4-11(14)5-10)6-12(15,7-16)9-1-2-9/h3-5,9H,1-2,6-7,16H2. The quantitative estimate of drug-likeness (QED) is 0.905. The minimum Gasteiger partial charge on any atom is -0.328 e. The molecule has 1 nitrogen and oxygen atoms in total. The number of hydrogen-bond donors (Lipinski definition) is 1. The second-order valence-electron chi connectivity index (χ2n) is 4.47. The zero-order valence-corrected chi connectivity index (χ0v) is 10.4. The molecule has 1 aromatic carbocycles. The average molecular weight is 290 g/mol. The molecule has 1 unspecified atom stereocenters. The summed E-state index contributed by atoms with van der Waals surface area (Å²) in [4.78, 5) is 0. The molecule has 1 atom stereocenters. The fraction of sp³-hybridized carbons (Fsp3) is 0.500. The van der Waals surface area contributed by atoms with Gasteiger partial charge in [0.2, 0.25) is 0 Å². The summed E-state index contributed by atoms with van der Waals surface area (Å²) in [6.07, 6.45) is 1.99. The van der Waals surface area contributed by atoms with E-state index in [0.717, 1.165) is 12.8 Å². The van der Waals surface area contributed by atoms with Gasteiger partial charge in [0.05, 0.1) is 0 Å². The van der Waals surface area contributed by atoms with E-state index < -0.39 is 5.67 Å². The van der Waals surface area contributed by atoms with Crippen LogP contribution in [0.4, 0.5) is 8.78 Å². The Bertz CT molecular complexity index is 372. The first-order chi connectivity index (χ1) is 7.53. The summed E-state index contributed by atoms with van der Waals surface area (Å²) in [5.41, 5.74) is 4.78. The summed E-state index contributed by atoms with van der Waals surface area (Å²) in [6, 6.07) is 4.48. The first-order valence-electron chi connectivity index (χ1n) is 5.37. The van der Waals surface area contributed by atoms with Gasteiger partial charge < -0.3 is 5.73 Å². The van der Waals surface area contributed by atoms with E-state index in [1.807, 2.05) is 0 Å². The predicted octanol–water partition coefficient (Wildman–Crippen LogP) is 3.21. The highest BCUT2D eigenvalue weighted by atomic mass is 79.9. The van der Waals surface area contributed by atoms with Crippen molar-refractivity contribution in [2.75, 3.05) is 6.54 Å². The highest BCUT2D eigenvalue weighted by Crippen LogP contribution is 2.43. The first kappa shape index (κ1) is 12.0. The Morgan fingerprint density at radius 1 is 1.38 bits per heavy atom. The summed E-state index contributed by atoms with van der Waals surface area (Å²) in [6.45, 7) is 0.00575. The Morgan fingerprint density at radius 3 is 2.56 bits per heavy atom. The van der Waals surface area contributed by atoms with Gasteiger partial charge in [0.25, 0.3) is 0 Å². The van der Waals surface area contributed by atoms with Crippen molar-refractivity contribution in [2.24, 2.45) is 11.7 Å². The number of hydrogen-bond acceptors (Lipinski definition) is 1. The Balaban J connectivity index is 2.18. The molecule has 1 aliphatic carbocycles. The molecule has 0 radical (unpaired) electrons. The summed E-state index contributed by atoms with van der Waals surface area (Å²) in [5.74, 6) is -0.293. The maximum Gasteiger partial charge on any atom is 0.130 e. The van der Waals surface area contributed by atoms with Gasteiger partial charge in [0.1, 0.15) is 11.5 Å². The summed E-state index contributed by atoms with van der Waals surface area (Å²) in [7, 11) is 0. The highest BCUT2D eigenvalue weighted by Gasteiger charge is 2.44. The lowest BCUT2D eigenvalue weighted by molar-refractivity contribution is 0.142. The number of rotatable bonds is 4. The van der Waals surface area contributed by atoms with Crippen LogP contribution in [0.5, 0.6) is 0 Å². The van der Waals surface area contributed by atoms with Crippen molar-refractivity contribution < 1.29 is 8.78 Å². The van der Waals surface area contributed by atoms with Crippen LogP contribution in [-0.4, -0.2) is 12.2 Å². The first-order valence-corrected chi connectivity index (χ1v) is 6.17. The molecule has 0 heterocycles. The molecule has 16 heavy (non-hydrogen) atoms. The van der Waals surface area contributed by atoms with Crippen LogP contribution in [0.3, 0.4) is 0 Å². The molecule has 88 valence electrons. The third-order valence-electron chi connectivity index (χ3n) is 3.07. The van der Waals surface area contributed by atoms with E-state index in [1.54, 1.807) is 6.07 Å². The van der Waals surface area contributed by atoms with Crippen molar-refractivity contribution in [1.82, 2.24) is 0 Å². The average Bonchev–Trinajstić information content (AvgIpc) is 2.98. The van der Waals surface area contributed by atoms with Gasteiger partial charge in [-0.1, -0.05) is 15.9 Å². The van der Waals surface area contributed by atoms with Crippen molar-refractivity contribution >= 4 is 15.9 Å². The lowest BCUT2D eigenvalue weighted by atomic mass is 9.91. The molecular formula is C12H14BrF2N. The SMILES string of the molecule is NCC(F)(Cc1cc(F)cc(Br)c1)C1CC1. The van der Waals surface area contributed by atoms with E-state index >= 15 is 0 Å².